The molecule has 4 heteroatoms. The quantitative estimate of drug-likeness (QED) is 0.855. The Morgan fingerprint density at radius 2 is 1.55 bits per heavy atom. The molecule has 0 radical (unpaired) electrons. The van der Waals surface area contributed by atoms with Crippen LogP contribution in [0.15, 0.2) is 24.7 Å². The monoisotopic (exact) mass is 301 g/mol. The lowest BCUT2D eigenvalue weighted by Crippen LogP contribution is -2.22. The van der Waals surface area contributed by atoms with Crippen molar-refractivity contribution in [1.82, 2.24) is 15.0 Å². The van der Waals surface area contributed by atoms with Crippen LogP contribution in [0.3, 0.4) is 0 Å². The second-order valence-corrected chi connectivity index (χ2v) is 7.50. The molecule has 22 heavy (non-hydrogen) atoms. The average Bonchev–Trinajstić information content (AvgIpc) is 2.37. The van der Waals surface area contributed by atoms with E-state index in [0.717, 1.165) is 17.0 Å². The van der Waals surface area contributed by atoms with Crippen LogP contribution in [-0.2, 0) is 17.3 Å². The van der Waals surface area contributed by atoms with Crippen LogP contribution in [-0.4, -0.2) is 15.0 Å². The lowest BCUT2D eigenvalue weighted by atomic mass is 9.80. The number of aryl methyl sites for hydroxylation is 1. The van der Waals surface area contributed by atoms with Crippen LogP contribution in [0.5, 0.6) is 0 Å². The summed E-state index contributed by atoms with van der Waals surface area (Å²) in [5.41, 5.74) is 1.97. The molecule has 3 nitrogen and oxygen atoms in total. The first-order valence-electron chi connectivity index (χ1n) is 7.53. The van der Waals surface area contributed by atoms with E-state index < -0.39 is 0 Å². The molecular formula is C18H24FN3. The SMILES string of the molecule is Cc1ncc(C(C)(C)Cc2cnc(C(C)(C)C)c(F)c2)cn1. The van der Waals surface area contributed by atoms with Crippen molar-refractivity contribution in [1.29, 1.82) is 0 Å². The van der Waals surface area contributed by atoms with Crippen molar-refractivity contribution >= 4 is 0 Å². The Hall–Kier alpha value is -1.84. The van der Waals surface area contributed by atoms with Crippen molar-refractivity contribution in [3.8, 4) is 0 Å². The molecule has 0 atom stereocenters. The molecule has 0 aromatic carbocycles. The average molecular weight is 301 g/mol. The van der Waals surface area contributed by atoms with Gasteiger partial charge in [-0.2, -0.15) is 0 Å². The van der Waals surface area contributed by atoms with Gasteiger partial charge in [-0.05, 0) is 36.0 Å². The normalized spacial score (nSPS) is 12.5. The highest BCUT2D eigenvalue weighted by Gasteiger charge is 2.25. The van der Waals surface area contributed by atoms with Gasteiger partial charge in [0.1, 0.15) is 11.6 Å². The number of rotatable bonds is 3. The van der Waals surface area contributed by atoms with Crippen LogP contribution in [0.25, 0.3) is 0 Å². The number of pyridine rings is 1. The van der Waals surface area contributed by atoms with E-state index in [2.05, 4.69) is 28.8 Å². The van der Waals surface area contributed by atoms with Gasteiger partial charge >= 0.3 is 0 Å². The standard InChI is InChI=1S/C18H24FN3/c1-12-20-10-14(11-21-12)18(5,6)8-13-7-15(19)16(22-9-13)17(2,3)4/h7,9-11H,8H2,1-6H3. The highest BCUT2D eigenvalue weighted by molar-refractivity contribution is 5.26. The first-order chi connectivity index (χ1) is 10.1. The summed E-state index contributed by atoms with van der Waals surface area (Å²) in [5.74, 6) is 0.516. The Bertz CT molecular complexity index is 655. The summed E-state index contributed by atoms with van der Waals surface area (Å²) < 4.78 is 14.3. The molecule has 0 aliphatic heterocycles. The molecule has 0 saturated carbocycles. The van der Waals surface area contributed by atoms with Crippen LogP contribution in [0.2, 0.25) is 0 Å². The second-order valence-electron chi connectivity index (χ2n) is 7.50. The Kier molecular flexibility index (Phi) is 4.32. The van der Waals surface area contributed by atoms with E-state index in [-0.39, 0.29) is 16.6 Å². The van der Waals surface area contributed by atoms with Crippen molar-refractivity contribution in [2.75, 3.05) is 0 Å². The number of halogens is 1. The van der Waals surface area contributed by atoms with Crippen molar-refractivity contribution in [3.63, 3.8) is 0 Å². The predicted molar refractivity (Wildman–Crippen MR) is 86.4 cm³/mol. The van der Waals surface area contributed by atoms with Crippen LogP contribution >= 0.6 is 0 Å². The first-order valence-corrected chi connectivity index (χ1v) is 7.53. The molecule has 2 rings (SSSR count). The number of aromatic nitrogens is 3. The number of nitrogens with zero attached hydrogens (tertiary/aromatic N) is 3. The van der Waals surface area contributed by atoms with Crippen molar-refractivity contribution in [3.05, 3.63) is 53.1 Å². The van der Waals surface area contributed by atoms with Gasteiger partial charge in [-0.3, -0.25) is 4.98 Å². The Balaban J connectivity index is 2.26. The summed E-state index contributed by atoms with van der Waals surface area (Å²) in [4.78, 5) is 12.8. The molecule has 0 aliphatic rings. The summed E-state index contributed by atoms with van der Waals surface area (Å²) in [6.07, 6.45) is 6.15. The molecular weight excluding hydrogens is 277 g/mol. The lowest BCUT2D eigenvalue weighted by Gasteiger charge is -2.25. The molecule has 0 amide bonds. The van der Waals surface area contributed by atoms with Gasteiger partial charge in [0.25, 0.3) is 0 Å². The maximum Gasteiger partial charge on any atom is 0.145 e. The van der Waals surface area contributed by atoms with E-state index in [0.29, 0.717) is 12.1 Å². The maximum absolute atomic E-state index is 14.3. The van der Waals surface area contributed by atoms with Crippen LogP contribution in [0.4, 0.5) is 4.39 Å². The zero-order valence-electron chi connectivity index (χ0n) is 14.2. The van der Waals surface area contributed by atoms with Crippen molar-refractivity contribution < 1.29 is 4.39 Å². The van der Waals surface area contributed by atoms with Crippen LogP contribution in [0, 0.1) is 12.7 Å². The molecule has 2 heterocycles. The van der Waals surface area contributed by atoms with Gasteiger partial charge in [-0.1, -0.05) is 34.6 Å². The fourth-order valence-electron chi connectivity index (χ4n) is 2.48. The first kappa shape index (κ1) is 16.5. The fraction of sp³-hybridized carbons (Fsp3) is 0.500. The summed E-state index contributed by atoms with van der Waals surface area (Å²) in [5, 5.41) is 0. The zero-order chi connectivity index (χ0) is 16.5. The Morgan fingerprint density at radius 1 is 0.955 bits per heavy atom. The van der Waals surface area contributed by atoms with E-state index in [9.17, 15) is 4.39 Å². The van der Waals surface area contributed by atoms with Crippen molar-refractivity contribution in [2.24, 2.45) is 0 Å². The fourth-order valence-corrected chi connectivity index (χ4v) is 2.48. The van der Waals surface area contributed by atoms with E-state index in [1.165, 1.54) is 0 Å². The molecule has 2 aromatic rings. The van der Waals surface area contributed by atoms with Gasteiger partial charge in [0.2, 0.25) is 0 Å². The molecule has 0 fully saturated rings. The molecule has 0 saturated heterocycles. The Labute approximate surface area is 132 Å². The largest absolute Gasteiger partial charge is 0.257 e. The van der Waals surface area contributed by atoms with Gasteiger partial charge < -0.3 is 0 Å². The van der Waals surface area contributed by atoms with E-state index in [1.807, 2.05) is 40.1 Å². The van der Waals surface area contributed by atoms with Crippen LogP contribution in [0.1, 0.15) is 57.3 Å². The third kappa shape index (κ3) is 3.67. The van der Waals surface area contributed by atoms with Gasteiger partial charge in [0, 0.05) is 24.0 Å². The third-order valence-electron chi connectivity index (χ3n) is 3.82. The minimum atomic E-state index is -0.289. The highest BCUT2D eigenvalue weighted by Crippen LogP contribution is 2.28. The summed E-state index contributed by atoms with van der Waals surface area (Å²) in [6, 6.07) is 1.60. The minimum absolute atomic E-state index is 0.176. The summed E-state index contributed by atoms with van der Waals surface area (Å²) in [6.45, 7) is 12.0. The van der Waals surface area contributed by atoms with E-state index >= 15 is 0 Å². The highest BCUT2D eigenvalue weighted by atomic mass is 19.1. The lowest BCUT2D eigenvalue weighted by molar-refractivity contribution is 0.490. The molecule has 0 spiro atoms. The van der Waals surface area contributed by atoms with E-state index in [1.54, 1.807) is 12.3 Å². The van der Waals surface area contributed by atoms with Gasteiger partial charge in [-0.15, -0.1) is 0 Å². The number of hydrogen-bond donors (Lipinski definition) is 0. The summed E-state index contributed by atoms with van der Waals surface area (Å²) >= 11 is 0. The molecule has 0 aliphatic carbocycles. The van der Waals surface area contributed by atoms with Gasteiger partial charge in [-0.25, -0.2) is 14.4 Å². The van der Waals surface area contributed by atoms with Crippen LogP contribution < -0.4 is 0 Å². The van der Waals surface area contributed by atoms with Gasteiger partial charge in [0.05, 0.1) is 5.69 Å². The smallest absolute Gasteiger partial charge is 0.145 e. The van der Waals surface area contributed by atoms with Gasteiger partial charge in [0.15, 0.2) is 0 Å². The maximum atomic E-state index is 14.3. The summed E-state index contributed by atoms with van der Waals surface area (Å²) in [7, 11) is 0. The predicted octanol–water partition coefficient (Wildman–Crippen LogP) is 4.14. The molecule has 0 N–H and O–H groups in total. The topological polar surface area (TPSA) is 38.7 Å². The molecule has 2 aromatic heterocycles. The molecule has 118 valence electrons. The Morgan fingerprint density at radius 3 is 2.05 bits per heavy atom. The molecule has 0 unspecified atom stereocenters. The minimum Gasteiger partial charge on any atom is -0.257 e. The third-order valence-corrected chi connectivity index (χ3v) is 3.82. The molecule has 0 bridgehead atoms. The van der Waals surface area contributed by atoms with Crippen molar-refractivity contribution in [2.45, 2.75) is 58.8 Å². The second kappa shape index (κ2) is 5.75. The number of hydrogen-bond acceptors (Lipinski definition) is 3. The van der Waals surface area contributed by atoms with E-state index in [4.69, 9.17) is 0 Å². The zero-order valence-corrected chi connectivity index (χ0v) is 14.2.